The van der Waals surface area contributed by atoms with Gasteiger partial charge in [0.2, 0.25) is 0 Å². The molecule has 48 heavy (non-hydrogen) atoms. The topological polar surface area (TPSA) is 99.1 Å². The SMILES string of the molecule is C=C(C)C(=O)OCC(C)(CO)C(=O)OCC(CC(F)(F)C(F)(F)C(F)(F)C(F)(F)C(F)(F)C(F)(F)C(F)(F)C(F)(F)F)OC(=O)C(=C)C. The molecule has 0 aromatic rings. The molecule has 0 heterocycles. The molecule has 0 radical (unpaired) electrons. The second-order valence-electron chi connectivity index (χ2n) is 10.3. The molecule has 0 amide bonds. The van der Waals surface area contributed by atoms with Crippen LogP contribution in [0, 0.1) is 5.41 Å². The third-order valence-electron chi connectivity index (χ3n) is 6.01. The van der Waals surface area contributed by atoms with Crippen LogP contribution in [-0.4, -0.2) is 96.6 Å². The van der Waals surface area contributed by atoms with E-state index in [9.17, 15) is 94.1 Å². The van der Waals surface area contributed by atoms with Gasteiger partial charge in [0.1, 0.15) is 24.7 Å². The molecule has 0 bridgehead atoms. The molecule has 0 spiro atoms. The van der Waals surface area contributed by atoms with Crippen LogP contribution in [0.2, 0.25) is 0 Å². The highest BCUT2D eigenvalue weighted by atomic mass is 19.4. The van der Waals surface area contributed by atoms with Gasteiger partial charge in [0.25, 0.3) is 0 Å². The van der Waals surface area contributed by atoms with Crippen LogP contribution in [0.3, 0.4) is 0 Å². The third kappa shape index (κ3) is 7.92. The molecule has 0 aliphatic rings. The monoisotopic (exact) mass is 746 g/mol. The number of ether oxygens (including phenoxy) is 3. The van der Waals surface area contributed by atoms with Crippen molar-refractivity contribution in [3.63, 3.8) is 0 Å². The molecule has 0 aliphatic carbocycles. The molecule has 7 nitrogen and oxygen atoms in total. The normalized spacial score (nSPS) is 16.0. The van der Waals surface area contributed by atoms with E-state index in [-0.39, 0.29) is 5.57 Å². The van der Waals surface area contributed by atoms with Crippen molar-refractivity contribution in [2.24, 2.45) is 5.41 Å². The quantitative estimate of drug-likeness (QED) is 0.0783. The number of aliphatic hydroxyl groups excluding tert-OH is 1. The van der Waals surface area contributed by atoms with E-state index < -0.39 is 109 Å². The Kier molecular flexibility index (Phi) is 12.9. The molecule has 0 aromatic carbocycles. The first-order valence-corrected chi connectivity index (χ1v) is 12.2. The molecule has 0 aromatic heterocycles. The van der Waals surface area contributed by atoms with Crippen LogP contribution in [0.25, 0.3) is 0 Å². The van der Waals surface area contributed by atoms with Gasteiger partial charge in [-0.25, -0.2) is 9.59 Å². The molecule has 0 saturated carbocycles. The van der Waals surface area contributed by atoms with Crippen LogP contribution >= 0.6 is 0 Å². The summed E-state index contributed by atoms with van der Waals surface area (Å²) >= 11 is 0. The molecule has 280 valence electrons. The summed E-state index contributed by atoms with van der Waals surface area (Å²) in [7, 11) is 0. The molecule has 1 N–H and O–H groups in total. The summed E-state index contributed by atoms with van der Waals surface area (Å²) in [5, 5.41) is 9.46. The Bertz CT molecular complexity index is 1240. The zero-order chi connectivity index (χ0) is 38.9. The van der Waals surface area contributed by atoms with E-state index >= 15 is 0 Å². The Morgan fingerprint density at radius 3 is 1.35 bits per heavy atom. The van der Waals surface area contributed by atoms with Crippen molar-refractivity contribution in [1.82, 2.24) is 0 Å². The highest BCUT2D eigenvalue weighted by Crippen LogP contribution is 2.64. The molecule has 0 aliphatic heterocycles. The Balaban J connectivity index is 6.69. The summed E-state index contributed by atoms with van der Waals surface area (Å²) in [6, 6.07) is 0. The fourth-order valence-corrected chi connectivity index (χ4v) is 2.86. The van der Waals surface area contributed by atoms with Gasteiger partial charge in [-0.2, -0.15) is 74.6 Å². The van der Waals surface area contributed by atoms with Crippen molar-refractivity contribution in [1.29, 1.82) is 0 Å². The van der Waals surface area contributed by atoms with E-state index in [2.05, 4.69) is 27.4 Å². The Hall–Kier alpha value is -3.34. The van der Waals surface area contributed by atoms with E-state index in [1.807, 2.05) is 0 Å². The highest BCUT2D eigenvalue weighted by molar-refractivity contribution is 5.87. The summed E-state index contributed by atoms with van der Waals surface area (Å²) in [5.74, 6) is -63.3. The van der Waals surface area contributed by atoms with Crippen molar-refractivity contribution >= 4 is 17.9 Å². The van der Waals surface area contributed by atoms with Gasteiger partial charge in [0.05, 0.1) is 13.0 Å². The lowest BCUT2D eigenvalue weighted by molar-refractivity contribution is -0.462. The smallest absolute Gasteiger partial charge is 0.460 e. The van der Waals surface area contributed by atoms with Gasteiger partial charge in [-0.05, 0) is 20.8 Å². The number of esters is 3. The lowest BCUT2D eigenvalue weighted by atomic mass is 9.87. The first-order valence-electron chi connectivity index (χ1n) is 12.2. The zero-order valence-electron chi connectivity index (χ0n) is 24.1. The van der Waals surface area contributed by atoms with Crippen LogP contribution in [0.15, 0.2) is 24.3 Å². The van der Waals surface area contributed by atoms with E-state index in [1.165, 1.54) is 0 Å². The summed E-state index contributed by atoms with van der Waals surface area (Å²) in [6.45, 7) is 4.26. The Labute approximate surface area is 257 Å². The second kappa shape index (κ2) is 13.9. The van der Waals surface area contributed by atoms with Crippen molar-refractivity contribution in [2.45, 2.75) is 80.9 Å². The average Bonchev–Trinajstić information content (AvgIpc) is 2.92. The first-order chi connectivity index (χ1) is 21.0. The van der Waals surface area contributed by atoms with Crippen molar-refractivity contribution in [3.05, 3.63) is 24.3 Å². The predicted molar refractivity (Wildman–Crippen MR) is 122 cm³/mol. The van der Waals surface area contributed by atoms with Gasteiger partial charge in [0.15, 0.2) is 0 Å². The number of halogens is 17. The molecule has 0 saturated heterocycles. The average molecular weight is 746 g/mol. The fourth-order valence-electron chi connectivity index (χ4n) is 2.86. The number of alkyl halides is 17. The van der Waals surface area contributed by atoms with Gasteiger partial charge in [0, 0.05) is 11.1 Å². The van der Waals surface area contributed by atoms with E-state index in [0.717, 1.165) is 20.8 Å². The maximum atomic E-state index is 14.6. The predicted octanol–water partition coefficient (Wildman–Crippen LogP) is 6.53. The molecule has 0 fully saturated rings. The summed E-state index contributed by atoms with van der Waals surface area (Å²) in [4.78, 5) is 35.7. The second-order valence-corrected chi connectivity index (χ2v) is 10.3. The standard InChI is InChI=1S/C24H23F17O7/c1-10(2)13(43)47-9-16(5,8-42)15(45)46-7-12(48-14(44)11(3)4)6-17(25,26)18(27,28)19(29,30)20(31,32)21(33,34)22(35,36)23(37,38)24(39,40)41/h12,42H,1,3,6-9H2,2,4-5H3. The number of hydrogen-bond donors (Lipinski definition) is 1. The summed E-state index contributed by atoms with van der Waals surface area (Å²) in [6.07, 6.45) is -14.4. The summed E-state index contributed by atoms with van der Waals surface area (Å²) in [5.41, 5.74) is -3.43. The molecular weight excluding hydrogens is 723 g/mol. The number of rotatable bonds is 17. The molecular formula is C24H23F17O7. The largest absolute Gasteiger partial charge is 0.461 e. The summed E-state index contributed by atoms with van der Waals surface area (Å²) < 4.78 is 244. The fraction of sp³-hybridized carbons (Fsp3) is 0.708. The molecule has 2 atom stereocenters. The minimum absolute atomic E-state index is 0.267. The third-order valence-corrected chi connectivity index (χ3v) is 6.01. The number of hydrogen-bond acceptors (Lipinski definition) is 7. The number of carbonyl (C=O) groups is 3. The van der Waals surface area contributed by atoms with Gasteiger partial charge in [-0.3, -0.25) is 4.79 Å². The number of carbonyl (C=O) groups excluding carboxylic acids is 3. The van der Waals surface area contributed by atoms with Crippen LogP contribution in [0.5, 0.6) is 0 Å². The maximum absolute atomic E-state index is 14.6. The van der Waals surface area contributed by atoms with Gasteiger partial charge >= 0.3 is 65.5 Å². The van der Waals surface area contributed by atoms with Crippen molar-refractivity contribution < 1.29 is 108 Å². The Morgan fingerprint density at radius 1 is 0.625 bits per heavy atom. The number of aliphatic hydroxyl groups is 1. The molecule has 2 unspecified atom stereocenters. The lowest BCUT2D eigenvalue weighted by Crippen LogP contribution is -2.74. The minimum atomic E-state index is -8.84. The van der Waals surface area contributed by atoms with E-state index in [1.54, 1.807) is 0 Å². The van der Waals surface area contributed by atoms with Crippen molar-refractivity contribution in [2.75, 3.05) is 19.8 Å². The van der Waals surface area contributed by atoms with Crippen LogP contribution in [0.4, 0.5) is 74.6 Å². The highest BCUT2D eigenvalue weighted by Gasteiger charge is 2.95. The van der Waals surface area contributed by atoms with E-state index in [0.29, 0.717) is 0 Å². The zero-order valence-corrected chi connectivity index (χ0v) is 24.1. The molecule has 0 rings (SSSR count). The van der Waals surface area contributed by atoms with Crippen LogP contribution in [-0.2, 0) is 28.6 Å². The molecule has 24 heteroatoms. The van der Waals surface area contributed by atoms with Gasteiger partial charge in [-0.15, -0.1) is 0 Å². The minimum Gasteiger partial charge on any atom is -0.461 e. The Morgan fingerprint density at radius 2 is 1.00 bits per heavy atom. The van der Waals surface area contributed by atoms with Gasteiger partial charge < -0.3 is 19.3 Å². The lowest BCUT2D eigenvalue weighted by Gasteiger charge is -2.43. The van der Waals surface area contributed by atoms with Crippen LogP contribution < -0.4 is 0 Å². The van der Waals surface area contributed by atoms with Crippen LogP contribution in [0.1, 0.15) is 27.2 Å². The maximum Gasteiger partial charge on any atom is 0.460 e. The van der Waals surface area contributed by atoms with E-state index in [4.69, 9.17) is 0 Å². The first kappa shape index (κ1) is 44.7. The van der Waals surface area contributed by atoms with Crippen molar-refractivity contribution in [3.8, 4) is 0 Å². The van der Waals surface area contributed by atoms with Gasteiger partial charge in [-0.1, -0.05) is 13.2 Å².